The molecule has 1 amide bonds. The number of rotatable bonds is 3. The zero-order valence-electron chi connectivity index (χ0n) is 14.1. The summed E-state index contributed by atoms with van der Waals surface area (Å²) in [6.45, 7) is 4.80. The van der Waals surface area contributed by atoms with Gasteiger partial charge in [-0.05, 0) is 57.0 Å². The Labute approximate surface area is 142 Å². The minimum absolute atomic E-state index is 0.0566. The molecule has 126 valence electrons. The molecule has 4 rings (SSSR count). The summed E-state index contributed by atoms with van der Waals surface area (Å²) in [7, 11) is 0. The first-order valence-corrected chi connectivity index (χ1v) is 8.86. The van der Waals surface area contributed by atoms with Gasteiger partial charge in [0.05, 0.1) is 6.04 Å². The first-order chi connectivity index (χ1) is 11.7. The van der Waals surface area contributed by atoms with Crippen LogP contribution in [0.5, 0.6) is 0 Å². The lowest BCUT2D eigenvalue weighted by molar-refractivity contribution is -0.123. The molecule has 1 N–H and O–H groups in total. The smallest absolute Gasteiger partial charge is 0.244 e. The highest BCUT2D eigenvalue weighted by Crippen LogP contribution is 2.30. The van der Waals surface area contributed by atoms with Crippen LogP contribution in [0.2, 0.25) is 0 Å². The number of H-pyrrole nitrogens is 1. The molecule has 0 radical (unpaired) electrons. The lowest BCUT2D eigenvalue weighted by Crippen LogP contribution is -2.49. The van der Waals surface area contributed by atoms with Crippen LogP contribution in [0.4, 0.5) is 5.69 Å². The van der Waals surface area contributed by atoms with Crippen LogP contribution in [0.1, 0.15) is 36.9 Å². The number of aromatic nitrogens is 2. The van der Waals surface area contributed by atoms with Crippen LogP contribution in [0, 0.1) is 0 Å². The Balaban J connectivity index is 1.40. The van der Waals surface area contributed by atoms with Gasteiger partial charge < -0.3 is 4.90 Å². The number of amides is 1. The number of carbonyl (C=O) groups is 1. The number of aromatic amines is 1. The van der Waals surface area contributed by atoms with Crippen molar-refractivity contribution in [3.63, 3.8) is 0 Å². The quantitative estimate of drug-likeness (QED) is 0.944. The molecule has 1 saturated heterocycles. The lowest BCUT2D eigenvalue weighted by atomic mass is 9.93. The van der Waals surface area contributed by atoms with Crippen LogP contribution in [-0.4, -0.2) is 46.7 Å². The second-order valence-electron chi connectivity index (χ2n) is 6.87. The Morgan fingerprint density at radius 2 is 2.00 bits per heavy atom. The Bertz CT molecular complexity index is 704. The third kappa shape index (κ3) is 2.73. The number of nitrogens with one attached hydrogen (secondary N) is 1. The summed E-state index contributed by atoms with van der Waals surface area (Å²) in [6.07, 6.45) is 4.95. The van der Waals surface area contributed by atoms with E-state index < -0.39 is 0 Å². The molecule has 2 aliphatic heterocycles. The van der Waals surface area contributed by atoms with Gasteiger partial charge in [-0.15, -0.1) is 0 Å². The third-order valence-electron chi connectivity index (χ3n) is 5.55. The van der Waals surface area contributed by atoms with Crippen molar-refractivity contribution in [2.75, 3.05) is 24.5 Å². The van der Waals surface area contributed by atoms with Crippen molar-refractivity contribution in [1.82, 2.24) is 15.1 Å². The number of benzene rings is 1. The van der Waals surface area contributed by atoms with Gasteiger partial charge in [0, 0.05) is 30.0 Å². The predicted molar refractivity (Wildman–Crippen MR) is 94.1 cm³/mol. The fourth-order valence-electron chi connectivity index (χ4n) is 4.04. The fraction of sp³-hybridized carbons (Fsp3) is 0.474. The third-order valence-corrected chi connectivity index (χ3v) is 5.55. The number of piperidine rings is 1. The van der Waals surface area contributed by atoms with Crippen molar-refractivity contribution >= 4 is 11.6 Å². The molecule has 24 heavy (non-hydrogen) atoms. The van der Waals surface area contributed by atoms with Crippen LogP contribution in [-0.2, 0) is 11.2 Å². The largest absolute Gasteiger partial charge is 0.310 e. The highest BCUT2D eigenvalue weighted by atomic mass is 16.2. The van der Waals surface area contributed by atoms with Crippen LogP contribution in [0.15, 0.2) is 36.5 Å². The van der Waals surface area contributed by atoms with Crippen molar-refractivity contribution in [3.05, 3.63) is 47.8 Å². The van der Waals surface area contributed by atoms with Gasteiger partial charge in [0.15, 0.2) is 0 Å². The maximum Gasteiger partial charge on any atom is 0.244 e. The first kappa shape index (κ1) is 15.4. The number of fused-ring (bicyclic) bond motifs is 1. The van der Waals surface area contributed by atoms with Crippen molar-refractivity contribution in [1.29, 1.82) is 0 Å². The van der Waals surface area contributed by atoms with E-state index in [9.17, 15) is 4.79 Å². The van der Waals surface area contributed by atoms with Crippen molar-refractivity contribution in [2.45, 2.75) is 38.1 Å². The fourth-order valence-corrected chi connectivity index (χ4v) is 4.04. The number of carbonyl (C=O) groups excluding carboxylic acids is 1. The van der Waals surface area contributed by atoms with E-state index in [1.807, 2.05) is 17.2 Å². The first-order valence-electron chi connectivity index (χ1n) is 8.86. The highest BCUT2D eigenvalue weighted by Gasteiger charge is 2.33. The SMILES string of the molecule is C[C@@H](C(=O)N1CCc2ccccc21)N1CCC(c2ccn[nH]2)CC1. The van der Waals surface area contributed by atoms with E-state index in [-0.39, 0.29) is 11.9 Å². The minimum Gasteiger partial charge on any atom is -0.310 e. The molecule has 1 atom stereocenters. The Hall–Kier alpha value is -2.14. The summed E-state index contributed by atoms with van der Waals surface area (Å²) < 4.78 is 0. The summed E-state index contributed by atoms with van der Waals surface area (Å²) in [6, 6.07) is 10.3. The Kier molecular flexibility index (Phi) is 4.10. The molecular formula is C19H24N4O. The van der Waals surface area contributed by atoms with Crippen molar-refractivity contribution < 1.29 is 4.79 Å². The van der Waals surface area contributed by atoms with Gasteiger partial charge in [-0.1, -0.05) is 18.2 Å². The molecule has 0 bridgehead atoms. The van der Waals surface area contributed by atoms with Crippen LogP contribution in [0.25, 0.3) is 0 Å². The monoisotopic (exact) mass is 324 g/mol. The van der Waals surface area contributed by atoms with Gasteiger partial charge in [-0.25, -0.2) is 0 Å². The summed E-state index contributed by atoms with van der Waals surface area (Å²) in [5.41, 5.74) is 3.61. The van der Waals surface area contributed by atoms with E-state index in [2.05, 4.69) is 46.3 Å². The second-order valence-corrected chi connectivity index (χ2v) is 6.87. The zero-order chi connectivity index (χ0) is 16.5. The summed E-state index contributed by atoms with van der Waals surface area (Å²) in [5.74, 6) is 0.776. The molecule has 3 heterocycles. The second kappa shape index (κ2) is 6.40. The Morgan fingerprint density at radius 1 is 1.21 bits per heavy atom. The van der Waals surface area contributed by atoms with E-state index in [1.165, 1.54) is 11.3 Å². The van der Waals surface area contributed by atoms with E-state index in [4.69, 9.17) is 0 Å². The molecule has 2 aromatic rings. The molecule has 1 aromatic heterocycles. The standard InChI is InChI=1S/C19H24N4O/c1-14(19(24)23-13-9-16-4-2-3-5-18(16)23)22-11-7-15(8-12-22)17-6-10-20-21-17/h2-6,10,14-15H,7-9,11-13H2,1H3,(H,20,21)/t14-/m0/s1. The van der Waals surface area contributed by atoms with Gasteiger partial charge in [-0.2, -0.15) is 5.10 Å². The molecule has 5 heteroatoms. The summed E-state index contributed by atoms with van der Waals surface area (Å²) in [5, 5.41) is 7.14. The highest BCUT2D eigenvalue weighted by molar-refractivity contribution is 5.98. The maximum absolute atomic E-state index is 13.0. The van der Waals surface area contributed by atoms with Crippen molar-refractivity contribution in [3.8, 4) is 0 Å². The summed E-state index contributed by atoms with van der Waals surface area (Å²) in [4.78, 5) is 17.3. The molecule has 5 nitrogen and oxygen atoms in total. The molecule has 0 unspecified atom stereocenters. The predicted octanol–water partition coefficient (Wildman–Crippen LogP) is 2.57. The van der Waals surface area contributed by atoms with Crippen molar-refractivity contribution in [2.24, 2.45) is 0 Å². The summed E-state index contributed by atoms with van der Waals surface area (Å²) >= 11 is 0. The number of nitrogens with zero attached hydrogens (tertiary/aromatic N) is 3. The van der Waals surface area contributed by atoms with E-state index in [0.717, 1.165) is 44.6 Å². The normalized spacial score (nSPS) is 20.1. The number of likely N-dealkylation sites (tertiary alicyclic amines) is 1. The molecular weight excluding hydrogens is 300 g/mol. The maximum atomic E-state index is 13.0. The van der Waals surface area contributed by atoms with Gasteiger partial charge in [0.25, 0.3) is 0 Å². The lowest BCUT2D eigenvalue weighted by Gasteiger charge is -2.36. The van der Waals surface area contributed by atoms with Crippen LogP contribution >= 0.6 is 0 Å². The molecule has 0 aliphatic carbocycles. The van der Waals surface area contributed by atoms with Gasteiger partial charge >= 0.3 is 0 Å². The van der Waals surface area contributed by atoms with E-state index >= 15 is 0 Å². The number of hydrogen-bond acceptors (Lipinski definition) is 3. The van der Waals surface area contributed by atoms with Crippen LogP contribution in [0.3, 0.4) is 0 Å². The topological polar surface area (TPSA) is 52.2 Å². The molecule has 0 saturated carbocycles. The van der Waals surface area contributed by atoms with E-state index in [0.29, 0.717) is 5.92 Å². The molecule has 2 aliphatic rings. The van der Waals surface area contributed by atoms with Gasteiger partial charge in [0.1, 0.15) is 0 Å². The van der Waals surface area contributed by atoms with E-state index in [1.54, 1.807) is 0 Å². The zero-order valence-corrected chi connectivity index (χ0v) is 14.1. The average molecular weight is 324 g/mol. The van der Waals surface area contributed by atoms with Gasteiger partial charge in [0.2, 0.25) is 5.91 Å². The molecule has 0 spiro atoms. The number of hydrogen-bond donors (Lipinski definition) is 1. The Morgan fingerprint density at radius 3 is 2.75 bits per heavy atom. The minimum atomic E-state index is -0.0566. The average Bonchev–Trinajstić information content (AvgIpc) is 3.30. The van der Waals surface area contributed by atoms with Crippen LogP contribution < -0.4 is 4.90 Å². The molecule has 1 aromatic carbocycles. The van der Waals surface area contributed by atoms with Gasteiger partial charge in [-0.3, -0.25) is 14.8 Å². The number of anilines is 1. The molecule has 1 fully saturated rings. The number of para-hydroxylation sites is 1.